The number of aromatic nitrogens is 2. The van der Waals surface area contributed by atoms with Gasteiger partial charge in [0.15, 0.2) is 0 Å². The number of carbonyl (C=O) groups is 1. The maximum atomic E-state index is 11.8. The highest BCUT2D eigenvalue weighted by Crippen LogP contribution is 2.10. The van der Waals surface area contributed by atoms with Crippen LogP contribution >= 0.6 is 11.6 Å². The first kappa shape index (κ1) is 12.1. The third kappa shape index (κ3) is 2.67. The number of nitrogens with one attached hydrogen (secondary N) is 2. The van der Waals surface area contributed by atoms with Crippen LogP contribution in [0.5, 0.6) is 0 Å². The Morgan fingerprint density at radius 1 is 1.33 bits per heavy atom. The van der Waals surface area contributed by atoms with E-state index in [1.807, 2.05) is 0 Å². The smallest absolute Gasteiger partial charge is 0.275 e. The van der Waals surface area contributed by atoms with Gasteiger partial charge in [0.2, 0.25) is 5.95 Å². The van der Waals surface area contributed by atoms with E-state index in [4.69, 9.17) is 17.3 Å². The predicted octanol–water partition coefficient (Wildman–Crippen LogP) is 1.26. The highest BCUT2D eigenvalue weighted by Gasteiger charge is 2.07. The van der Waals surface area contributed by atoms with Crippen molar-refractivity contribution in [3.63, 3.8) is 0 Å². The van der Waals surface area contributed by atoms with Crippen LogP contribution in [0.3, 0.4) is 0 Å². The molecule has 0 saturated heterocycles. The Hall–Kier alpha value is -2.34. The second kappa shape index (κ2) is 4.89. The van der Waals surface area contributed by atoms with Gasteiger partial charge in [-0.2, -0.15) is 0 Å². The Balaban J connectivity index is 2.18. The molecule has 2 rings (SSSR count). The van der Waals surface area contributed by atoms with Crippen molar-refractivity contribution in [1.82, 2.24) is 9.97 Å². The van der Waals surface area contributed by atoms with Crippen LogP contribution in [0, 0.1) is 0 Å². The van der Waals surface area contributed by atoms with Crippen molar-refractivity contribution >= 4 is 29.1 Å². The normalized spacial score (nSPS) is 10.1. The predicted molar refractivity (Wildman–Crippen MR) is 68.7 cm³/mol. The number of benzene rings is 1. The molecule has 0 bridgehead atoms. The summed E-state index contributed by atoms with van der Waals surface area (Å²) >= 11 is 5.71. The summed E-state index contributed by atoms with van der Waals surface area (Å²) in [4.78, 5) is 29.1. The number of hydrogen-bond acceptors (Lipinski definition) is 4. The first-order valence-electron chi connectivity index (χ1n) is 4.98. The van der Waals surface area contributed by atoms with Crippen LogP contribution in [-0.2, 0) is 0 Å². The van der Waals surface area contributed by atoms with Gasteiger partial charge in [-0.1, -0.05) is 11.6 Å². The molecule has 2 aromatic rings. The quantitative estimate of drug-likeness (QED) is 0.760. The third-order valence-corrected chi connectivity index (χ3v) is 2.42. The average Bonchev–Trinajstić information content (AvgIpc) is 2.34. The van der Waals surface area contributed by atoms with Gasteiger partial charge in [0.05, 0.1) is 6.20 Å². The molecule has 4 N–H and O–H groups in total. The zero-order chi connectivity index (χ0) is 13.1. The van der Waals surface area contributed by atoms with E-state index >= 15 is 0 Å². The van der Waals surface area contributed by atoms with Crippen molar-refractivity contribution < 1.29 is 4.79 Å². The summed E-state index contributed by atoms with van der Waals surface area (Å²) in [6.45, 7) is 0. The molecular weight excluding hydrogens is 256 g/mol. The minimum Gasteiger partial charge on any atom is -0.393 e. The van der Waals surface area contributed by atoms with Crippen molar-refractivity contribution in [1.29, 1.82) is 0 Å². The number of amides is 1. The summed E-state index contributed by atoms with van der Waals surface area (Å²) in [6.07, 6.45) is 1.18. The van der Waals surface area contributed by atoms with Crippen LogP contribution in [-0.4, -0.2) is 15.9 Å². The molecule has 92 valence electrons. The van der Waals surface area contributed by atoms with Gasteiger partial charge in [-0.15, -0.1) is 0 Å². The molecule has 0 aliphatic carbocycles. The molecule has 0 aliphatic rings. The Labute approximate surface area is 107 Å². The number of halogens is 1. The summed E-state index contributed by atoms with van der Waals surface area (Å²) in [5, 5.41) is 2.97. The molecule has 7 heteroatoms. The van der Waals surface area contributed by atoms with Gasteiger partial charge in [-0.3, -0.25) is 19.9 Å². The number of anilines is 2. The van der Waals surface area contributed by atoms with Crippen LogP contribution in [0.2, 0.25) is 5.02 Å². The van der Waals surface area contributed by atoms with Crippen molar-refractivity contribution in [2.45, 2.75) is 0 Å². The van der Waals surface area contributed by atoms with E-state index in [-0.39, 0.29) is 11.6 Å². The van der Waals surface area contributed by atoms with Gasteiger partial charge >= 0.3 is 0 Å². The van der Waals surface area contributed by atoms with Gasteiger partial charge in [0.1, 0.15) is 5.69 Å². The van der Waals surface area contributed by atoms with E-state index in [0.717, 1.165) is 0 Å². The van der Waals surface area contributed by atoms with Crippen molar-refractivity contribution in [2.24, 2.45) is 0 Å². The highest BCUT2D eigenvalue weighted by molar-refractivity contribution is 6.30. The third-order valence-electron chi connectivity index (χ3n) is 2.17. The molecule has 1 aromatic carbocycles. The summed E-state index contributed by atoms with van der Waals surface area (Å²) in [7, 11) is 0. The second-order valence-electron chi connectivity index (χ2n) is 3.48. The lowest BCUT2D eigenvalue weighted by Gasteiger charge is -2.04. The van der Waals surface area contributed by atoms with E-state index in [9.17, 15) is 9.59 Å². The van der Waals surface area contributed by atoms with Crippen molar-refractivity contribution in [3.05, 3.63) is 51.4 Å². The van der Waals surface area contributed by atoms with Gasteiger partial charge in [0.25, 0.3) is 11.5 Å². The number of nitrogen functional groups attached to an aromatic ring is 1. The molecule has 18 heavy (non-hydrogen) atoms. The summed E-state index contributed by atoms with van der Waals surface area (Å²) in [5.74, 6) is -0.367. The largest absolute Gasteiger partial charge is 0.393 e. The number of hydrogen-bond donors (Lipinski definition) is 3. The molecule has 1 aromatic heterocycles. The van der Waals surface area contributed by atoms with Gasteiger partial charge < -0.3 is 5.73 Å². The minimum atomic E-state index is -0.503. The van der Waals surface area contributed by atoms with Crippen LogP contribution in [0.1, 0.15) is 10.4 Å². The van der Waals surface area contributed by atoms with E-state index < -0.39 is 11.5 Å². The maximum Gasteiger partial charge on any atom is 0.275 e. The molecule has 0 atom stereocenters. The Morgan fingerprint density at radius 3 is 2.61 bits per heavy atom. The monoisotopic (exact) mass is 264 g/mol. The van der Waals surface area contributed by atoms with Crippen molar-refractivity contribution in [2.75, 3.05) is 11.1 Å². The second-order valence-corrected chi connectivity index (χ2v) is 3.91. The summed E-state index contributed by atoms with van der Waals surface area (Å²) in [5.41, 5.74) is 5.20. The van der Waals surface area contributed by atoms with Crippen LogP contribution in [0.25, 0.3) is 0 Å². The van der Waals surface area contributed by atoms with Gasteiger partial charge in [0, 0.05) is 10.6 Å². The highest BCUT2D eigenvalue weighted by atomic mass is 35.5. The molecule has 0 saturated carbocycles. The van der Waals surface area contributed by atoms with E-state index in [0.29, 0.717) is 10.6 Å². The Morgan fingerprint density at radius 2 is 2.00 bits per heavy atom. The number of nitrogens with zero attached hydrogens (tertiary/aromatic N) is 1. The first-order chi connectivity index (χ1) is 8.56. The zero-order valence-corrected chi connectivity index (χ0v) is 9.86. The molecule has 1 amide bonds. The SMILES string of the molecule is Nc1cnc(NC(=O)c2ccc(Cl)cc2)[nH]c1=O. The average molecular weight is 265 g/mol. The lowest BCUT2D eigenvalue weighted by molar-refractivity contribution is 0.102. The van der Waals surface area contributed by atoms with Crippen LogP contribution in [0.15, 0.2) is 35.3 Å². The summed E-state index contributed by atoms with van der Waals surface area (Å²) < 4.78 is 0. The number of rotatable bonds is 2. The first-order valence-corrected chi connectivity index (χ1v) is 5.36. The molecule has 0 spiro atoms. The van der Waals surface area contributed by atoms with Crippen LogP contribution < -0.4 is 16.6 Å². The number of H-pyrrole nitrogens is 1. The fraction of sp³-hybridized carbons (Fsp3) is 0. The number of aromatic amines is 1. The minimum absolute atomic E-state index is 0.0144. The molecule has 0 fully saturated rings. The number of carbonyl (C=O) groups excluding carboxylic acids is 1. The Bertz CT molecular complexity index is 636. The number of nitrogens with two attached hydrogens (primary N) is 1. The molecule has 1 heterocycles. The van der Waals surface area contributed by atoms with Crippen LogP contribution in [0.4, 0.5) is 11.6 Å². The molecule has 0 unspecified atom stereocenters. The lowest BCUT2D eigenvalue weighted by Crippen LogP contribution is -2.19. The zero-order valence-electron chi connectivity index (χ0n) is 9.11. The van der Waals surface area contributed by atoms with E-state index in [2.05, 4.69) is 15.3 Å². The topological polar surface area (TPSA) is 101 Å². The van der Waals surface area contributed by atoms with Gasteiger partial charge in [-0.25, -0.2) is 4.98 Å². The molecule has 0 aliphatic heterocycles. The Kier molecular flexibility index (Phi) is 3.29. The molecular formula is C11H9ClN4O2. The molecule has 6 nitrogen and oxygen atoms in total. The van der Waals surface area contributed by atoms with Crippen molar-refractivity contribution in [3.8, 4) is 0 Å². The summed E-state index contributed by atoms with van der Waals surface area (Å²) in [6, 6.07) is 6.31. The standard InChI is InChI=1S/C11H9ClN4O2/c12-7-3-1-6(2-4-7)9(17)15-11-14-5-8(13)10(18)16-11/h1-5H,13H2,(H2,14,15,16,17,18). The fourth-order valence-electron chi connectivity index (χ4n) is 1.25. The van der Waals surface area contributed by atoms with Gasteiger partial charge in [-0.05, 0) is 24.3 Å². The molecule has 0 radical (unpaired) electrons. The lowest BCUT2D eigenvalue weighted by atomic mass is 10.2. The van der Waals surface area contributed by atoms with E-state index in [1.54, 1.807) is 24.3 Å². The van der Waals surface area contributed by atoms with E-state index in [1.165, 1.54) is 6.20 Å². The maximum absolute atomic E-state index is 11.8. The fourth-order valence-corrected chi connectivity index (χ4v) is 1.38.